The Balaban J connectivity index is 2.39. The highest BCUT2D eigenvalue weighted by atomic mass is 35.5. The summed E-state index contributed by atoms with van der Waals surface area (Å²) in [4.78, 5) is 26.4. The molecule has 1 aliphatic rings. The van der Waals surface area contributed by atoms with Crippen LogP contribution in [0.5, 0.6) is 5.75 Å². The van der Waals surface area contributed by atoms with Crippen LogP contribution in [-0.4, -0.2) is 35.4 Å². The second kappa shape index (κ2) is 6.79. The van der Waals surface area contributed by atoms with Gasteiger partial charge in [-0.2, -0.15) is 0 Å². The second-order valence-electron chi connectivity index (χ2n) is 6.27. The smallest absolute Gasteiger partial charge is 0.258 e. The van der Waals surface area contributed by atoms with Crippen molar-refractivity contribution in [1.82, 2.24) is 4.90 Å². The van der Waals surface area contributed by atoms with Crippen LogP contribution in [0.15, 0.2) is 18.2 Å². The largest absolute Gasteiger partial charge is 0.490 e. The predicted molar refractivity (Wildman–Crippen MR) is 89.7 cm³/mol. The highest BCUT2D eigenvalue weighted by molar-refractivity contribution is 6.31. The molecule has 1 saturated carbocycles. The van der Waals surface area contributed by atoms with E-state index in [4.69, 9.17) is 22.1 Å². The number of nitrogens with zero attached hydrogens (tertiary/aromatic N) is 1. The average Bonchev–Trinajstić information content (AvgIpc) is 2.98. The van der Waals surface area contributed by atoms with Gasteiger partial charge in [-0.05, 0) is 44.9 Å². The Bertz CT molecular complexity index is 610. The van der Waals surface area contributed by atoms with E-state index in [0.29, 0.717) is 29.2 Å². The summed E-state index contributed by atoms with van der Waals surface area (Å²) < 4.78 is 5.71. The van der Waals surface area contributed by atoms with Gasteiger partial charge in [-0.25, -0.2) is 0 Å². The van der Waals surface area contributed by atoms with Crippen LogP contribution in [0.3, 0.4) is 0 Å². The molecule has 2 rings (SSSR count). The van der Waals surface area contributed by atoms with Crippen LogP contribution in [0, 0.1) is 0 Å². The number of rotatable bonds is 5. The summed E-state index contributed by atoms with van der Waals surface area (Å²) in [5, 5.41) is 0.442. The number of benzene rings is 1. The monoisotopic (exact) mass is 338 g/mol. The first-order valence-electron chi connectivity index (χ1n) is 7.82. The molecule has 0 aromatic heterocycles. The highest BCUT2D eigenvalue weighted by Crippen LogP contribution is 2.36. The van der Waals surface area contributed by atoms with Gasteiger partial charge in [-0.1, -0.05) is 24.4 Å². The minimum Gasteiger partial charge on any atom is -0.490 e. The van der Waals surface area contributed by atoms with E-state index in [1.165, 1.54) is 4.90 Å². The fraction of sp³-hybridized carbons (Fsp3) is 0.529. The predicted octanol–water partition coefficient (Wildman–Crippen LogP) is 3.00. The van der Waals surface area contributed by atoms with Gasteiger partial charge >= 0.3 is 0 Å². The number of carbonyl (C=O) groups is 2. The van der Waals surface area contributed by atoms with Crippen molar-refractivity contribution in [1.29, 1.82) is 0 Å². The van der Waals surface area contributed by atoms with Crippen LogP contribution in [0.2, 0.25) is 5.02 Å². The summed E-state index contributed by atoms with van der Waals surface area (Å²) in [5.41, 5.74) is 5.03. The molecular weight excluding hydrogens is 316 g/mol. The molecule has 0 heterocycles. The van der Waals surface area contributed by atoms with Crippen molar-refractivity contribution in [3.63, 3.8) is 0 Å². The quantitative estimate of drug-likeness (QED) is 0.897. The molecule has 0 saturated heterocycles. The van der Waals surface area contributed by atoms with Crippen molar-refractivity contribution in [2.24, 2.45) is 5.73 Å². The maximum Gasteiger partial charge on any atom is 0.258 e. The lowest BCUT2D eigenvalue weighted by atomic mass is 9.93. The zero-order chi connectivity index (χ0) is 17.2. The normalized spacial score (nSPS) is 16.4. The van der Waals surface area contributed by atoms with Gasteiger partial charge in [-0.3, -0.25) is 9.59 Å². The van der Waals surface area contributed by atoms with E-state index in [9.17, 15) is 9.59 Å². The van der Waals surface area contributed by atoms with Gasteiger partial charge in [0.05, 0.1) is 11.7 Å². The summed E-state index contributed by atoms with van der Waals surface area (Å²) in [5.74, 6) is -0.304. The lowest BCUT2D eigenvalue weighted by Crippen LogP contribution is -2.56. The number of hydrogen-bond acceptors (Lipinski definition) is 3. The van der Waals surface area contributed by atoms with Crippen molar-refractivity contribution < 1.29 is 14.3 Å². The van der Waals surface area contributed by atoms with Crippen molar-refractivity contribution in [2.75, 3.05) is 7.05 Å². The van der Waals surface area contributed by atoms with E-state index in [1.807, 2.05) is 13.8 Å². The van der Waals surface area contributed by atoms with Crippen molar-refractivity contribution in [3.05, 3.63) is 28.8 Å². The maximum atomic E-state index is 13.0. The van der Waals surface area contributed by atoms with Crippen molar-refractivity contribution >= 4 is 23.4 Å². The zero-order valence-corrected chi connectivity index (χ0v) is 14.5. The van der Waals surface area contributed by atoms with Crippen LogP contribution in [-0.2, 0) is 4.79 Å². The van der Waals surface area contributed by atoms with Crippen molar-refractivity contribution in [2.45, 2.75) is 51.2 Å². The molecule has 0 bridgehead atoms. The number of likely N-dealkylation sites (N-methyl/N-ethyl adjacent to an activating group) is 1. The molecule has 6 heteroatoms. The SMILES string of the molecule is CC(C)Oc1ccc(Cl)cc1C(=O)N(C)C1(C(N)=O)CCCC1. The van der Waals surface area contributed by atoms with E-state index in [2.05, 4.69) is 0 Å². The first kappa shape index (κ1) is 17.6. The van der Waals surface area contributed by atoms with Crippen LogP contribution >= 0.6 is 11.6 Å². The molecule has 5 nitrogen and oxygen atoms in total. The number of hydrogen-bond donors (Lipinski definition) is 1. The standard InChI is InChI=1S/C17H23ClN2O3/c1-11(2)23-14-7-6-12(18)10-13(14)15(21)20(3)17(16(19)22)8-4-5-9-17/h6-7,10-11H,4-5,8-9H2,1-3H3,(H2,19,22). The summed E-state index contributed by atoms with van der Waals surface area (Å²) >= 11 is 6.04. The zero-order valence-electron chi connectivity index (χ0n) is 13.8. The van der Waals surface area contributed by atoms with Gasteiger partial charge in [0.2, 0.25) is 5.91 Å². The Kier molecular flexibility index (Phi) is 5.19. The van der Waals surface area contributed by atoms with Crippen LogP contribution in [0.4, 0.5) is 0 Å². The Morgan fingerprint density at radius 2 is 1.91 bits per heavy atom. The molecule has 1 fully saturated rings. The first-order chi connectivity index (χ1) is 10.8. The first-order valence-corrected chi connectivity index (χ1v) is 8.20. The Labute approximate surface area is 141 Å². The van der Waals surface area contributed by atoms with Gasteiger partial charge in [0.15, 0.2) is 0 Å². The van der Waals surface area contributed by atoms with E-state index in [-0.39, 0.29) is 12.0 Å². The van der Waals surface area contributed by atoms with Crippen molar-refractivity contribution in [3.8, 4) is 5.75 Å². The molecule has 1 aliphatic carbocycles. The lowest BCUT2D eigenvalue weighted by molar-refractivity contribution is -0.127. The highest BCUT2D eigenvalue weighted by Gasteiger charge is 2.45. The molecule has 0 aliphatic heterocycles. The fourth-order valence-electron chi connectivity index (χ4n) is 3.11. The number of ether oxygens (including phenoxy) is 1. The molecule has 1 aromatic rings. The minimum atomic E-state index is -0.922. The fourth-order valence-corrected chi connectivity index (χ4v) is 3.28. The lowest BCUT2D eigenvalue weighted by Gasteiger charge is -2.36. The Morgan fingerprint density at radius 1 is 1.30 bits per heavy atom. The maximum absolute atomic E-state index is 13.0. The third kappa shape index (κ3) is 3.44. The van der Waals surface area contributed by atoms with Gasteiger partial charge in [0.1, 0.15) is 11.3 Å². The molecule has 2 amide bonds. The molecule has 0 atom stereocenters. The van der Waals surface area contributed by atoms with Crippen LogP contribution < -0.4 is 10.5 Å². The van der Waals surface area contributed by atoms with Gasteiger partial charge in [0, 0.05) is 12.1 Å². The minimum absolute atomic E-state index is 0.0791. The molecule has 23 heavy (non-hydrogen) atoms. The average molecular weight is 339 g/mol. The molecule has 126 valence electrons. The third-order valence-corrected chi connectivity index (χ3v) is 4.61. The summed E-state index contributed by atoms with van der Waals surface area (Å²) in [7, 11) is 1.62. The Hall–Kier alpha value is -1.75. The van der Waals surface area contributed by atoms with Crippen LogP contribution in [0.1, 0.15) is 49.9 Å². The molecule has 1 aromatic carbocycles. The molecule has 0 unspecified atom stereocenters. The Morgan fingerprint density at radius 3 is 2.43 bits per heavy atom. The van der Waals surface area contributed by atoms with E-state index >= 15 is 0 Å². The topological polar surface area (TPSA) is 72.6 Å². The molecular formula is C17H23ClN2O3. The molecule has 0 radical (unpaired) electrons. The number of carbonyl (C=O) groups excluding carboxylic acids is 2. The molecule has 0 spiro atoms. The number of amides is 2. The summed E-state index contributed by atoms with van der Waals surface area (Å²) in [6.07, 6.45) is 2.86. The van der Waals surface area contributed by atoms with Gasteiger partial charge < -0.3 is 15.4 Å². The van der Waals surface area contributed by atoms with Gasteiger partial charge in [0.25, 0.3) is 5.91 Å². The number of halogens is 1. The summed E-state index contributed by atoms with van der Waals surface area (Å²) in [6, 6.07) is 4.92. The van der Waals surface area contributed by atoms with E-state index in [1.54, 1.807) is 25.2 Å². The van der Waals surface area contributed by atoms with Gasteiger partial charge in [-0.15, -0.1) is 0 Å². The van der Waals surface area contributed by atoms with E-state index in [0.717, 1.165) is 12.8 Å². The summed E-state index contributed by atoms with van der Waals surface area (Å²) in [6.45, 7) is 3.77. The third-order valence-electron chi connectivity index (χ3n) is 4.37. The number of primary amides is 1. The van der Waals surface area contributed by atoms with Crippen LogP contribution in [0.25, 0.3) is 0 Å². The van der Waals surface area contributed by atoms with E-state index < -0.39 is 11.4 Å². The molecule has 2 N–H and O–H groups in total. The number of nitrogens with two attached hydrogens (primary N) is 1. The second-order valence-corrected chi connectivity index (χ2v) is 6.71.